The van der Waals surface area contributed by atoms with Crippen molar-refractivity contribution < 1.29 is 24.2 Å². The van der Waals surface area contributed by atoms with Gasteiger partial charge in [0.1, 0.15) is 11.8 Å². The summed E-state index contributed by atoms with van der Waals surface area (Å²) in [7, 11) is 0. The number of hydrogen-bond acceptors (Lipinski definition) is 4. The van der Waals surface area contributed by atoms with Gasteiger partial charge in [0.25, 0.3) is 0 Å². The molecule has 0 spiro atoms. The maximum atomic E-state index is 12.1. The summed E-state index contributed by atoms with van der Waals surface area (Å²) in [5, 5.41) is 12.0. The van der Waals surface area contributed by atoms with Crippen molar-refractivity contribution in [2.75, 3.05) is 13.2 Å². The standard InChI is InChI=1S/C29H55NO5/c1-3-5-6-7-8-9-10-11-12-13-14-15-16-17-18-21-28(32)30-27(29(33)34)23-22-26(31)20-19-25-35-24-4-2/h27H,3-25H2,1-2H3,(H,30,32)(H,33,34). The number of nitrogens with one attached hydrogen (secondary N) is 1. The molecule has 0 aromatic heterocycles. The van der Waals surface area contributed by atoms with E-state index >= 15 is 0 Å². The summed E-state index contributed by atoms with van der Waals surface area (Å²) >= 11 is 0. The predicted octanol–water partition coefficient (Wildman–Crippen LogP) is 7.37. The molecule has 0 aromatic rings. The molecule has 0 rings (SSSR count). The molecule has 0 fully saturated rings. The molecule has 206 valence electrons. The molecule has 0 aliphatic rings. The summed E-state index contributed by atoms with van der Waals surface area (Å²) in [6.07, 6.45) is 21.7. The molecule has 6 nitrogen and oxygen atoms in total. The molecule has 1 unspecified atom stereocenters. The third kappa shape index (κ3) is 24.1. The smallest absolute Gasteiger partial charge is 0.326 e. The lowest BCUT2D eigenvalue weighted by Gasteiger charge is -2.14. The number of ketones is 1. The van der Waals surface area contributed by atoms with Gasteiger partial charge in [0.2, 0.25) is 5.91 Å². The fourth-order valence-corrected chi connectivity index (χ4v) is 4.23. The number of Topliss-reactive ketones (excluding diaryl/α,β-unsaturated/α-hetero) is 1. The summed E-state index contributed by atoms with van der Waals surface area (Å²) in [6.45, 7) is 5.54. The Balaban J connectivity index is 3.65. The van der Waals surface area contributed by atoms with Crippen LogP contribution in [-0.4, -0.2) is 42.0 Å². The largest absolute Gasteiger partial charge is 0.480 e. The van der Waals surface area contributed by atoms with E-state index < -0.39 is 12.0 Å². The number of rotatable bonds is 27. The van der Waals surface area contributed by atoms with E-state index in [1.54, 1.807) is 0 Å². The molecule has 0 bridgehead atoms. The lowest BCUT2D eigenvalue weighted by Crippen LogP contribution is -2.41. The van der Waals surface area contributed by atoms with E-state index in [-0.39, 0.29) is 24.5 Å². The molecule has 0 radical (unpaired) electrons. The topological polar surface area (TPSA) is 92.7 Å². The van der Waals surface area contributed by atoms with Gasteiger partial charge in [0.15, 0.2) is 0 Å². The Hall–Kier alpha value is -1.43. The van der Waals surface area contributed by atoms with Crippen molar-refractivity contribution in [2.45, 2.75) is 155 Å². The van der Waals surface area contributed by atoms with Crippen LogP contribution in [0, 0.1) is 0 Å². The number of aliphatic carboxylic acids is 1. The van der Waals surface area contributed by atoms with Gasteiger partial charge in [-0.05, 0) is 25.7 Å². The first-order valence-electron chi connectivity index (χ1n) is 14.6. The lowest BCUT2D eigenvalue weighted by molar-refractivity contribution is -0.142. The van der Waals surface area contributed by atoms with Gasteiger partial charge in [-0.3, -0.25) is 9.59 Å². The fraction of sp³-hybridized carbons (Fsp3) is 0.897. The van der Waals surface area contributed by atoms with Crippen LogP contribution >= 0.6 is 0 Å². The summed E-state index contributed by atoms with van der Waals surface area (Å²) in [5.41, 5.74) is 0. The molecule has 35 heavy (non-hydrogen) atoms. The third-order valence-electron chi connectivity index (χ3n) is 6.45. The average molecular weight is 498 g/mol. The molecule has 0 saturated heterocycles. The van der Waals surface area contributed by atoms with Crippen LogP contribution in [0.25, 0.3) is 0 Å². The Morgan fingerprint density at radius 1 is 0.629 bits per heavy atom. The van der Waals surface area contributed by atoms with Crippen LogP contribution in [0.2, 0.25) is 0 Å². The highest BCUT2D eigenvalue weighted by Gasteiger charge is 2.20. The van der Waals surface area contributed by atoms with Crippen LogP contribution in [0.15, 0.2) is 0 Å². The van der Waals surface area contributed by atoms with Crippen molar-refractivity contribution in [3.05, 3.63) is 0 Å². The number of unbranched alkanes of at least 4 members (excludes halogenated alkanes) is 14. The highest BCUT2D eigenvalue weighted by molar-refractivity contribution is 5.84. The van der Waals surface area contributed by atoms with Crippen LogP contribution in [0.1, 0.15) is 149 Å². The summed E-state index contributed by atoms with van der Waals surface area (Å²) < 4.78 is 5.35. The lowest BCUT2D eigenvalue weighted by atomic mass is 10.0. The van der Waals surface area contributed by atoms with Crippen LogP contribution in [0.3, 0.4) is 0 Å². The number of carbonyl (C=O) groups excluding carboxylic acids is 2. The van der Waals surface area contributed by atoms with Crippen LogP contribution in [-0.2, 0) is 19.1 Å². The van der Waals surface area contributed by atoms with Crippen LogP contribution < -0.4 is 5.32 Å². The summed E-state index contributed by atoms with van der Waals surface area (Å²) in [6, 6.07) is -0.987. The Morgan fingerprint density at radius 3 is 1.63 bits per heavy atom. The monoisotopic (exact) mass is 497 g/mol. The van der Waals surface area contributed by atoms with Gasteiger partial charge in [0, 0.05) is 32.5 Å². The maximum absolute atomic E-state index is 12.1. The summed E-state index contributed by atoms with van der Waals surface area (Å²) in [4.78, 5) is 35.5. The van der Waals surface area contributed by atoms with Gasteiger partial charge in [-0.15, -0.1) is 0 Å². The average Bonchev–Trinajstić information content (AvgIpc) is 2.83. The molecule has 0 saturated carbocycles. The quantitative estimate of drug-likeness (QED) is 0.116. The third-order valence-corrected chi connectivity index (χ3v) is 6.45. The van der Waals surface area contributed by atoms with Crippen molar-refractivity contribution in [3.63, 3.8) is 0 Å². The molecule has 1 atom stereocenters. The number of ether oxygens (including phenoxy) is 1. The highest BCUT2D eigenvalue weighted by atomic mass is 16.5. The summed E-state index contributed by atoms with van der Waals surface area (Å²) in [5.74, 6) is -1.28. The zero-order valence-electron chi connectivity index (χ0n) is 22.9. The normalized spacial score (nSPS) is 11.9. The zero-order chi connectivity index (χ0) is 26.0. The second kappa shape index (κ2) is 25.7. The number of carboxylic acids is 1. The number of hydrogen-bond donors (Lipinski definition) is 2. The first-order chi connectivity index (χ1) is 17.0. The van der Waals surface area contributed by atoms with E-state index in [1.807, 2.05) is 6.92 Å². The van der Waals surface area contributed by atoms with Crippen LogP contribution in [0.4, 0.5) is 0 Å². The highest BCUT2D eigenvalue weighted by Crippen LogP contribution is 2.14. The van der Waals surface area contributed by atoms with Crippen molar-refractivity contribution in [1.82, 2.24) is 5.32 Å². The van der Waals surface area contributed by atoms with Gasteiger partial charge in [-0.2, -0.15) is 0 Å². The SMILES string of the molecule is CCCCCCCCCCCCCCCCCC(=O)NC(CCC(=O)CCCOCCC)C(=O)O. The van der Waals surface area contributed by atoms with E-state index in [9.17, 15) is 19.5 Å². The zero-order valence-corrected chi connectivity index (χ0v) is 22.9. The molecule has 0 aliphatic carbocycles. The molecule has 6 heteroatoms. The first kappa shape index (κ1) is 33.6. The molecule has 0 aliphatic heterocycles. The van der Waals surface area contributed by atoms with E-state index in [4.69, 9.17) is 4.74 Å². The van der Waals surface area contributed by atoms with Gasteiger partial charge in [-0.25, -0.2) is 4.79 Å². The molecular weight excluding hydrogens is 442 g/mol. The van der Waals surface area contributed by atoms with Crippen LogP contribution in [0.5, 0.6) is 0 Å². The van der Waals surface area contributed by atoms with Crippen molar-refractivity contribution in [3.8, 4) is 0 Å². The molecule has 0 heterocycles. The minimum Gasteiger partial charge on any atom is -0.480 e. The minimum absolute atomic E-state index is 0.0213. The first-order valence-corrected chi connectivity index (χ1v) is 14.6. The van der Waals surface area contributed by atoms with Crippen molar-refractivity contribution in [2.24, 2.45) is 0 Å². The fourth-order valence-electron chi connectivity index (χ4n) is 4.23. The van der Waals surface area contributed by atoms with Crippen molar-refractivity contribution in [1.29, 1.82) is 0 Å². The molecule has 2 N–H and O–H groups in total. The Bertz CT molecular complexity index is 523. The van der Waals surface area contributed by atoms with E-state index in [1.165, 1.54) is 77.0 Å². The number of carboxylic acid groups (broad SMARTS) is 1. The van der Waals surface area contributed by atoms with Gasteiger partial charge in [-0.1, -0.05) is 104 Å². The number of amides is 1. The second-order valence-electron chi connectivity index (χ2n) is 9.95. The molecule has 0 aromatic carbocycles. The Kier molecular flexibility index (Phi) is 24.6. The van der Waals surface area contributed by atoms with E-state index in [0.29, 0.717) is 32.5 Å². The minimum atomic E-state index is -1.08. The van der Waals surface area contributed by atoms with E-state index in [0.717, 1.165) is 25.7 Å². The van der Waals surface area contributed by atoms with Gasteiger partial charge < -0.3 is 15.2 Å². The predicted molar refractivity (Wildman–Crippen MR) is 144 cm³/mol. The molecule has 1 amide bonds. The molecular formula is C29H55NO5. The van der Waals surface area contributed by atoms with Gasteiger partial charge >= 0.3 is 5.97 Å². The second-order valence-corrected chi connectivity index (χ2v) is 9.95. The van der Waals surface area contributed by atoms with Crippen molar-refractivity contribution >= 4 is 17.7 Å². The van der Waals surface area contributed by atoms with E-state index in [2.05, 4.69) is 12.2 Å². The van der Waals surface area contributed by atoms with Gasteiger partial charge in [0.05, 0.1) is 0 Å². The maximum Gasteiger partial charge on any atom is 0.326 e. The number of carbonyl (C=O) groups is 3. The Labute approximate surface area is 215 Å². The Morgan fingerprint density at radius 2 is 1.14 bits per heavy atom.